The van der Waals surface area contributed by atoms with Gasteiger partial charge in [0, 0.05) is 13.1 Å². The highest BCUT2D eigenvalue weighted by Gasteiger charge is 2.02. The third kappa shape index (κ3) is 3.09. The zero-order valence-electron chi connectivity index (χ0n) is 8.59. The molecule has 0 aliphatic rings. The van der Waals surface area contributed by atoms with Crippen molar-refractivity contribution in [3.05, 3.63) is 32.2 Å². The summed E-state index contributed by atoms with van der Waals surface area (Å²) in [4.78, 5) is 36.1. The number of ether oxygens (including phenoxy) is 1. The number of H-pyrrole nitrogens is 1. The molecule has 8 heteroatoms. The van der Waals surface area contributed by atoms with Crippen LogP contribution in [0, 0.1) is 0 Å². The van der Waals surface area contributed by atoms with Crippen molar-refractivity contribution >= 4 is 17.7 Å². The SMILES string of the molecule is COC(=O)/C=C/Sc1nc(=O)c(=O)[nH]n1C. The maximum absolute atomic E-state index is 10.9. The van der Waals surface area contributed by atoms with E-state index in [9.17, 15) is 14.4 Å². The van der Waals surface area contributed by atoms with Crippen LogP contribution in [0.3, 0.4) is 0 Å². The van der Waals surface area contributed by atoms with Crippen molar-refractivity contribution in [2.24, 2.45) is 7.05 Å². The molecule has 0 spiro atoms. The maximum atomic E-state index is 10.9. The van der Waals surface area contributed by atoms with Gasteiger partial charge in [-0.15, -0.1) is 0 Å². The van der Waals surface area contributed by atoms with Gasteiger partial charge in [-0.2, -0.15) is 4.98 Å². The number of aromatic nitrogens is 3. The molecule has 0 atom stereocenters. The minimum atomic E-state index is -0.868. The average Bonchev–Trinajstić information content (AvgIpc) is 2.25. The molecular weight excluding hydrogens is 234 g/mol. The Labute approximate surface area is 94.1 Å². The molecule has 0 radical (unpaired) electrons. The Morgan fingerprint density at radius 2 is 2.25 bits per heavy atom. The molecule has 1 rings (SSSR count). The van der Waals surface area contributed by atoms with E-state index in [1.54, 1.807) is 0 Å². The molecule has 0 aliphatic carbocycles. The first-order chi connectivity index (χ1) is 7.54. The molecule has 0 aromatic carbocycles. The van der Waals surface area contributed by atoms with Gasteiger partial charge in [-0.3, -0.25) is 19.4 Å². The number of thioether (sulfide) groups is 1. The van der Waals surface area contributed by atoms with Crippen LogP contribution < -0.4 is 11.1 Å². The van der Waals surface area contributed by atoms with Gasteiger partial charge in [0.2, 0.25) is 0 Å². The van der Waals surface area contributed by atoms with Crippen LogP contribution in [0.4, 0.5) is 0 Å². The fourth-order valence-electron chi connectivity index (χ4n) is 0.784. The first kappa shape index (κ1) is 12.2. The number of aromatic amines is 1. The summed E-state index contributed by atoms with van der Waals surface area (Å²) >= 11 is 1.01. The number of carbonyl (C=O) groups is 1. The lowest BCUT2D eigenvalue weighted by Crippen LogP contribution is -2.33. The highest BCUT2D eigenvalue weighted by Crippen LogP contribution is 2.12. The molecule has 86 valence electrons. The van der Waals surface area contributed by atoms with Crippen LogP contribution in [-0.4, -0.2) is 27.8 Å². The second kappa shape index (κ2) is 5.31. The van der Waals surface area contributed by atoms with Crippen molar-refractivity contribution in [3.8, 4) is 0 Å². The van der Waals surface area contributed by atoms with Crippen LogP contribution in [0.1, 0.15) is 0 Å². The van der Waals surface area contributed by atoms with E-state index >= 15 is 0 Å². The van der Waals surface area contributed by atoms with Crippen LogP contribution in [0.25, 0.3) is 0 Å². The molecule has 1 N–H and O–H groups in total. The summed E-state index contributed by atoms with van der Waals surface area (Å²) in [6.07, 6.45) is 1.18. The minimum absolute atomic E-state index is 0.268. The molecule has 1 aromatic heterocycles. The number of aryl methyl sites for hydroxylation is 1. The first-order valence-electron chi connectivity index (χ1n) is 4.13. The third-order valence-electron chi connectivity index (χ3n) is 1.53. The quantitative estimate of drug-likeness (QED) is 0.325. The Balaban J connectivity index is 2.87. The number of hydrogen-bond donors (Lipinski definition) is 1. The van der Waals surface area contributed by atoms with E-state index in [-0.39, 0.29) is 5.16 Å². The Bertz CT molecular complexity index is 531. The van der Waals surface area contributed by atoms with E-state index in [1.807, 2.05) is 0 Å². The number of rotatable bonds is 3. The molecule has 0 fully saturated rings. The molecule has 0 saturated heterocycles. The maximum Gasteiger partial charge on any atom is 0.339 e. The highest BCUT2D eigenvalue weighted by molar-refractivity contribution is 8.02. The van der Waals surface area contributed by atoms with E-state index in [0.29, 0.717) is 0 Å². The zero-order chi connectivity index (χ0) is 12.1. The van der Waals surface area contributed by atoms with Crippen LogP contribution in [-0.2, 0) is 16.6 Å². The van der Waals surface area contributed by atoms with Gasteiger partial charge in [-0.1, -0.05) is 11.8 Å². The van der Waals surface area contributed by atoms with Gasteiger partial charge in [-0.25, -0.2) is 4.79 Å². The Kier molecular flexibility index (Phi) is 4.06. The van der Waals surface area contributed by atoms with Gasteiger partial charge in [0.1, 0.15) is 0 Å². The van der Waals surface area contributed by atoms with E-state index in [1.165, 1.54) is 30.3 Å². The number of carbonyl (C=O) groups excluding carboxylic acids is 1. The molecule has 0 unspecified atom stereocenters. The molecule has 0 amide bonds. The summed E-state index contributed by atoms with van der Waals surface area (Å²) < 4.78 is 5.66. The van der Waals surface area contributed by atoms with Crippen molar-refractivity contribution in [1.82, 2.24) is 14.8 Å². The Morgan fingerprint density at radius 1 is 1.56 bits per heavy atom. The van der Waals surface area contributed by atoms with Crippen molar-refractivity contribution in [2.45, 2.75) is 5.16 Å². The molecule has 16 heavy (non-hydrogen) atoms. The van der Waals surface area contributed by atoms with Gasteiger partial charge < -0.3 is 4.74 Å². The molecule has 1 heterocycles. The van der Waals surface area contributed by atoms with Crippen LogP contribution >= 0.6 is 11.8 Å². The summed E-state index contributed by atoms with van der Waals surface area (Å²) in [6.45, 7) is 0. The highest BCUT2D eigenvalue weighted by atomic mass is 32.2. The van der Waals surface area contributed by atoms with Crippen molar-refractivity contribution in [1.29, 1.82) is 0 Å². The molecule has 0 aliphatic heterocycles. The second-order valence-electron chi connectivity index (χ2n) is 2.64. The smallest absolute Gasteiger partial charge is 0.339 e. The fourth-order valence-corrected chi connectivity index (χ4v) is 1.42. The average molecular weight is 243 g/mol. The number of esters is 1. The van der Waals surface area contributed by atoms with E-state index in [2.05, 4.69) is 14.8 Å². The molecule has 0 bridgehead atoms. The predicted molar refractivity (Wildman–Crippen MR) is 57.1 cm³/mol. The van der Waals surface area contributed by atoms with Gasteiger partial charge in [0.05, 0.1) is 7.11 Å². The Hall–Kier alpha value is -1.83. The summed E-state index contributed by atoms with van der Waals surface area (Å²) in [6, 6.07) is 0. The normalized spacial score (nSPS) is 10.6. The van der Waals surface area contributed by atoms with Crippen LogP contribution in [0.5, 0.6) is 0 Å². The van der Waals surface area contributed by atoms with Gasteiger partial charge in [0.15, 0.2) is 5.16 Å². The molecule has 1 aromatic rings. The van der Waals surface area contributed by atoms with Gasteiger partial charge >= 0.3 is 17.1 Å². The zero-order valence-corrected chi connectivity index (χ0v) is 9.41. The van der Waals surface area contributed by atoms with Crippen molar-refractivity contribution in [3.63, 3.8) is 0 Å². The third-order valence-corrected chi connectivity index (χ3v) is 2.37. The summed E-state index contributed by atoms with van der Waals surface area (Å²) in [5.41, 5.74) is -1.66. The number of nitrogens with one attached hydrogen (secondary N) is 1. The second-order valence-corrected chi connectivity index (χ2v) is 3.52. The minimum Gasteiger partial charge on any atom is -0.466 e. The number of nitrogens with zero attached hydrogens (tertiary/aromatic N) is 2. The monoisotopic (exact) mass is 243 g/mol. The van der Waals surface area contributed by atoms with Crippen molar-refractivity contribution in [2.75, 3.05) is 7.11 Å². The summed E-state index contributed by atoms with van der Waals surface area (Å²) in [7, 11) is 2.79. The van der Waals surface area contributed by atoms with Gasteiger partial charge in [-0.05, 0) is 5.41 Å². The first-order valence-corrected chi connectivity index (χ1v) is 5.01. The Morgan fingerprint density at radius 3 is 2.88 bits per heavy atom. The lowest BCUT2D eigenvalue weighted by molar-refractivity contribution is -0.134. The summed E-state index contributed by atoms with van der Waals surface area (Å²) in [5, 5.41) is 3.95. The predicted octanol–water partition coefficient (Wildman–Crippen LogP) is -0.753. The van der Waals surface area contributed by atoms with E-state index < -0.39 is 17.1 Å². The van der Waals surface area contributed by atoms with Crippen molar-refractivity contribution < 1.29 is 9.53 Å². The molecular formula is C8H9N3O4S. The largest absolute Gasteiger partial charge is 0.466 e. The van der Waals surface area contributed by atoms with E-state index in [0.717, 1.165) is 11.8 Å². The standard InChI is InChI=1S/C8H9N3O4S/c1-11-8(9-6(13)7(14)10-11)16-4-3-5(12)15-2/h3-4H,1-2H3,(H,10,14)/b4-3+. The molecule has 0 saturated carbocycles. The molecule has 7 nitrogen and oxygen atoms in total. The fraction of sp³-hybridized carbons (Fsp3) is 0.250. The lowest BCUT2D eigenvalue weighted by Gasteiger charge is -2.01. The van der Waals surface area contributed by atoms with Crippen LogP contribution in [0.2, 0.25) is 0 Å². The van der Waals surface area contributed by atoms with E-state index in [4.69, 9.17) is 0 Å². The number of methoxy groups -OCH3 is 1. The summed E-state index contributed by atoms with van der Waals surface area (Å²) in [5.74, 6) is -0.512. The number of hydrogen-bond acceptors (Lipinski definition) is 6. The van der Waals surface area contributed by atoms with Gasteiger partial charge in [0.25, 0.3) is 0 Å². The lowest BCUT2D eigenvalue weighted by atomic mass is 10.7. The van der Waals surface area contributed by atoms with Crippen LogP contribution in [0.15, 0.2) is 26.2 Å². The topological polar surface area (TPSA) is 94.1 Å².